The minimum absolute atomic E-state index is 0.426. The maximum Gasteiger partial charge on any atom is 0.107 e. The van der Waals surface area contributed by atoms with Crippen LogP contribution in [-0.4, -0.2) is 5.54 Å². The first-order valence-electron chi connectivity index (χ1n) is 3.45. The number of rotatable bonds is 0. The molecule has 3 aliphatic rings. The number of fused-ring (bicyclic) bond motifs is 1. The van der Waals surface area contributed by atoms with Gasteiger partial charge in [-0.15, -0.1) is 0 Å². The number of hydrogen-bond donors (Lipinski definition) is 1. The van der Waals surface area contributed by atoms with Crippen molar-refractivity contribution in [3.05, 3.63) is 0 Å². The summed E-state index contributed by atoms with van der Waals surface area (Å²) < 4.78 is 0. The third-order valence-corrected chi connectivity index (χ3v) is 2.80. The summed E-state index contributed by atoms with van der Waals surface area (Å²) in [5, 5.41) is 8.65. The molecule has 3 fully saturated rings. The molecule has 0 aromatic rings. The van der Waals surface area contributed by atoms with Crippen LogP contribution in [0.15, 0.2) is 0 Å². The van der Waals surface area contributed by atoms with Crippen LogP contribution in [0.2, 0.25) is 0 Å². The van der Waals surface area contributed by atoms with Crippen molar-refractivity contribution < 1.29 is 0 Å². The minimum atomic E-state index is -0.426. The van der Waals surface area contributed by atoms with Crippen molar-refractivity contribution >= 4 is 0 Å². The van der Waals surface area contributed by atoms with E-state index in [1.165, 1.54) is 12.8 Å². The largest absolute Gasteiger partial charge is 0.313 e. The highest BCUT2D eigenvalue weighted by Gasteiger charge is 2.53. The predicted molar refractivity (Wildman–Crippen MR) is 33.4 cm³/mol. The molecule has 0 amide bonds. The molecule has 0 saturated heterocycles. The van der Waals surface area contributed by atoms with E-state index in [0.29, 0.717) is 5.92 Å². The highest BCUT2D eigenvalue weighted by atomic mass is 14.8. The molecule has 2 N–H and O–H groups in total. The Morgan fingerprint density at radius 3 is 2.44 bits per heavy atom. The van der Waals surface area contributed by atoms with E-state index in [-0.39, 0.29) is 0 Å². The van der Waals surface area contributed by atoms with Crippen LogP contribution in [-0.2, 0) is 0 Å². The van der Waals surface area contributed by atoms with Crippen LogP contribution in [0.4, 0.5) is 0 Å². The standard InChI is InChI=1S/C7H10N2/c8-4-7(9)3-5-1-6(7)2-5/h5-6H,1-3,9H2. The molecular weight excluding hydrogens is 112 g/mol. The van der Waals surface area contributed by atoms with Gasteiger partial charge in [0.15, 0.2) is 0 Å². The normalized spacial score (nSPS) is 54.2. The van der Waals surface area contributed by atoms with Gasteiger partial charge < -0.3 is 5.73 Å². The summed E-state index contributed by atoms with van der Waals surface area (Å²) in [6.07, 6.45) is 3.38. The van der Waals surface area contributed by atoms with E-state index >= 15 is 0 Å². The summed E-state index contributed by atoms with van der Waals surface area (Å²) in [4.78, 5) is 0. The predicted octanol–water partition coefficient (Wildman–Crippen LogP) is 0.637. The molecule has 1 unspecified atom stereocenters. The quantitative estimate of drug-likeness (QED) is 0.512. The second kappa shape index (κ2) is 1.30. The molecule has 2 bridgehead atoms. The molecule has 0 radical (unpaired) electrons. The van der Waals surface area contributed by atoms with Gasteiger partial charge in [-0.1, -0.05) is 0 Å². The lowest BCUT2D eigenvalue weighted by molar-refractivity contribution is 0.277. The highest BCUT2D eigenvalue weighted by molar-refractivity contribution is 5.19. The maximum absolute atomic E-state index is 8.65. The molecular formula is C7H10N2. The van der Waals surface area contributed by atoms with Crippen molar-refractivity contribution in [3.63, 3.8) is 0 Å². The third kappa shape index (κ3) is 0.481. The molecule has 0 heterocycles. The van der Waals surface area contributed by atoms with Gasteiger partial charge >= 0.3 is 0 Å². The molecule has 48 valence electrons. The van der Waals surface area contributed by atoms with Crippen molar-refractivity contribution in [1.29, 1.82) is 5.26 Å². The highest BCUT2D eigenvalue weighted by Crippen LogP contribution is 2.53. The van der Waals surface area contributed by atoms with Gasteiger partial charge in [0.25, 0.3) is 0 Å². The van der Waals surface area contributed by atoms with Crippen LogP contribution in [0.3, 0.4) is 0 Å². The van der Waals surface area contributed by atoms with Crippen molar-refractivity contribution in [2.24, 2.45) is 17.6 Å². The van der Waals surface area contributed by atoms with E-state index in [2.05, 4.69) is 6.07 Å². The molecule has 9 heavy (non-hydrogen) atoms. The lowest BCUT2D eigenvalue weighted by atomic mass is 9.81. The third-order valence-electron chi connectivity index (χ3n) is 2.80. The van der Waals surface area contributed by atoms with Gasteiger partial charge in [-0.05, 0) is 31.1 Å². The van der Waals surface area contributed by atoms with Crippen LogP contribution in [0, 0.1) is 23.2 Å². The van der Waals surface area contributed by atoms with Crippen LogP contribution in [0.25, 0.3) is 0 Å². The molecule has 3 aliphatic carbocycles. The number of nitrogens with zero attached hydrogens (tertiary/aromatic N) is 1. The number of hydrogen-bond acceptors (Lipinski definition) is 2. The first-order valence-corrected chi connectivity index (χ1v) is 3.45. The molecule has 3 rings (SSSR count). The molecule has 0 spiro atoms. The molecule has 3 saturated carbocycles. The molecule has 2 nitrogen and oxygen atoms in total. The van der Waals surface area contributed by atoms with E-state index in [1.807, 2.05) is 0 Å². The van der Waals surface area contributed by atoms with Crippen LogP contribution in [0.5, 0.6) is 0 Å². The second-order valence-corrected chi connectivity index (χ2v) is 3.39. The summed E-state index contributed by atoms with van der Waals surface area (Å²) in [7, 11) is 0. The fourth-order valence-corrected chi connectivity index (χ4v) is 2.10. The van der Waals surface area contributed by atoms with Gasteiger partial charge in [-0.3, -0.25) is 0 Å². The Bertz CT molecular complexity index is 176. The molecule has 0 aliphatic heterocycles. The average molecular weight is 122 g/mol. The average Bonchev–Trinajstić information content (AvgIpc) is 2.19. The summed E-state index contributed by atoms with van der Waals surface area (Å²) in [6, 6.07) is 2.21. The Labute approximate surface area is 54.6 Å². The summed E-state index contributed by atoms with van der Waals surface area (Å²) in [6.45, 7) is 0. The lowest BCUT2D eigenvalue weighted by Gasteiger charge is -2.26. The lowest BCUT2D eigenvalue weighted by Crippen LogP contribution is -2.40. The first kappa shape index (κ1) is 5.25. The zero-order valence-electron chi connectivity index (χ0n) is 5.30. The van der Waals surface area contributed by atoms with Crippen molar-refractivity contribution in [2.75, 3.05) is 0 Å². The van der Waals surface area contributed by atoms with Gasteiger partial charge in [-0.2, -0.15) is 5.26 Å². The summed E-state index contributed by atoms with van der Waals surface area (Å²) in [5.74, 6) is 1.33. The fourth-order valence-electron chi connectivity index (χ4n) is 2.10. The minimum Gasteiger partial charge on any atom is -0.313 e. The molecule has 1 atom stereocenters. The van der Waals surface area contributed by atoms with Gasteiger partial charge in [0.1, 0.15) is 5.54 Å². The van der Waals surface area contributed by atoms with Crippen LogP contribution < -0.4 is 5.73 Å². The van der Waals surface area contributed by atoms with Crippen LogP contribution >= 0.6 is 0 Å². The smallest absolute Gasteiger partial charge is 0.107 e. The molecule has 0 aromatic carbocycles. The Kier molecular flexibility index (Phi) is 0.758. The van der Waals surface area contributed by atoms with Gasteiger partial charge in [0, 0.05) is 0 Å². The maximum atomic E-state index is 8.65. The Morgan fingerprint density at radius 1 is 1.56 bits per heavy atom. The SMILES string of the molecule is N#CC1(N)CC2CC1C2. The molecule has 2 heteroatoms. The molecule has 0 aromatic heterocycles. The first-order chi connectivity index (χ1) is 4.24. The number of nitrogens with two attached hydrogens (primary N) is 1. The summed E-state index contributed by atoms with van der Waals surface area (Å²) >= 11 is 0. The fraction of sp³-hybridized carbons (Fsp3) is 0.857. The van der Waals surface area contributed by atoms with E-state index < -0.39 is 5.54 Å². The Balaban J connectivity index is 2.25. The van der Waals surface area contributed by atoms with Gasteiger partial charge in [0.2, 0.25) is 0 Å². The van der Waals surface area contributed by atoms with Crippen molar-refractivity contribution in [2.45, 2.75) is 24.8 Å². The monoisotopic (exact) mass is 122 g/mol. The van der Waals surface area contributed by atoms with E-state index in [4.69, 9.17) is 11.0 Å². The number of nitriles is 1. The van der Waals surface area contributed by atoms with E-state index in [1.54, 1.807) is 0 Å². The van der Waals surface area contributed by atoms with Gasteiger partial charge in [0.05, 0.1) is 6.07 Å². The van der Waals surface area contributed by atoms with E-state index in [0.717, 1.165) is 12.3 Å². The zero-order chi connectivity index (χ0) is 6.48. The van der Waals surface area contributed by atoms with Gasteiger partial charge in [-0.25, -0.2) is 0 Å². The summed E-state index contributed by atoms with van der Waals surface area (Å²) in [5.41, 5.74) is 5.36. The Morgan fingerprint density at radius 2 is 2.22 bits per heavy atom. The second-order valence-electron chi connectivity index (χ2n) is 3.39. The van der Waals surface area contributed by atoms with Crippen molar-refractivity contribution in [1.82, 2.24) is 0 Å². The van der Waals surface area contributed by atoms with E-state index in [9.17, 15) is 0 Å². The van der Waals surface area contributed by atoms with Crippen molar-refractivity contribution in [3.8, 4) is 6.07 Å². The Hall–Kier alpha value is -0.550. The topological polar surface area (TPSA) is 49.8 Å². The zero-order valence-corrected chi connectivity index (χ0v) is 5.30. The van der Waals surface area contributed by atoms with Crippen LogP contribution in [0.1, 0.15) is 19.3 Å².